The number of hydrogen-bond donors (Lipinski definition) is 3. The van der Waals surface area contributed by atoms with E-state index in [9.17, 15) is 4.79 Å². The number of ether oxygens (including phenoxy) is 1. The van der Waals surface area contributed by atoms with Gasteiger partial charge in [-0.2, -0.15) is 0 Å². The first-order valence-electron chi connectivity index (χ1n) is 7.30. The smallest absolute Gasteiger partial charge is 0.242 e. The van der Waals surface area contributed by atoms with Gasteiger partial charge < -0.3 is 10.1 Å². The van der Waals surface area contributed by atoms with Gasteiger partial charge in [-0.25, -0.2) is 0 Å². The second kappa shape index (κ2) is 8.75. The third kappa shape index (κ3) is 5.96. The number of amides is 1. The molecule has 0 saturated heterocycles. The summed E-state index contributed by atoms with van der Waals surface area (Å²) in [6.45, 7) is 2.56. The summed E-state index contributed by atoms with van der Waals surface area (Å²) in [6.07, 6.45) is 0.291. The van der Waals surface area contributed by atoms with Crippen molar-refractivity contribution in [3.8, 4) is 5.75 Å². The van der Waals surface area contributed by atoms with Crippen molar-refractivity contribution in [2.24, 2.45) is 0 Å². The van der Waals surface area contributed by atoms with Crippen LogP contribution < -0.4 is 20.9 Å². The Morgan fingerprint density at radius 3 is 2.39 bits per heavy atom. The molecule has 0 saturated carbocycles. The molecule has 0 aliphatic heterocycles. The van der Waals surface area contributed by atoms with Gasteiger partial charge in [-0.15, -0.1) is 0 Å². The van der Waals surface area contributed by atoms with Crippen molar-refractivity contribution in [2.75, 3.05) is 11.9 Å². The van der Waals surface area contributed by atoms with Gasteiger partial charge in [0, 0.05) is 5.69 Å². The van der Waals surface area contributed by atoms with Gasteiger partial charge in [0.2, 0.25) is 5.91 Å². The second-order valence-corrected chi connectivity index (χ2v) is 5.16. The Balaban J connectivity index is 1.75. The fraction of sp³-hybridized carbons (Fsp3) is 0.176. The van der Waals surface area contributed by atoms with Crippen LogP contribution >= 0.6 is 12.2 Å². The lowest BCUT2D eigenvalue weighted by Gasteiger charge is -2.12. The molecule has 0 unspecified atom stereocenters. The molecule has 0 bridgehead atoms. The molecule has 1 amide bonds. The van der Waals surface area contributed by atoms with E-state index in [1.165, 1.54) is 0 Å². The standard InChI is InChI=1S/C17H19N3O2S/c1-2-22-15-10-8-14(9-11-15)18-17(23)20-19-16(21)12-13-6-4-3-5-7-13/h3-11H,2,12H2,1H3,(H,19,21)(H2,18,20,23). The number of carbonyl (C=O) groups excluding carboxylic acids is 1. The lowest BCUT2D eigenvalue weighted by atomic mass is 10.1. The predicted octanol–water partition coefficient (Wildman–Crippen LogP) is 2.65. The molecule has 0 aromatic heterocycles. The Morgan fingerprint density at radius 2 is 1.74 bits per heavy atom. The normalized spacial score (nSPS) is 9.78. The maximum Gasteiger partial charge on any atom is 0.242 e. The van der Waals surface area contributed by atoms with Gasteiger partial charge in [-0.1, -0.05) is 30.3 Å². The first-order chi connectivity index (χ1) is 11.2. The summed E-state index contributed by atoms with van der Waals surface area (Å²) in [5.74, 6) is 0.639. The topological polar surface area (TPSA) is 62.4 Å². The maximum absolute atomic E-state index is 11.8. The first-order valence-corrected chi connectivity index (χ1v) is 7.71. The lowest BCUT2D eigenvalue weighted by Crippen LogP contribution is -2.44. The van der Waals surface area contributed by atoms with Gasteiger partial charge in [-0.3, -0.25) is 15.6 Å². The third-order valence-corrected chi connectivity index (χ3v) is 3.15. The highest BCUT2D eigenvalue weighted by Crippen LogP contribution is 2.15. The number of hydrogen-bond acceptors (Lipinski definition) is 3. The molecule has 5 nitrogen and oxygen atoms in total. The van der Waals surface area contributed by atoms with Gasteiger partial charge in [-0.05, 0) is 49.0 Å². The van der Waals surface area contributed by atoms with Crippen LogP contribution in [-0.2, 0) is 11.2 Å². The molecule has 3 N–H and O–H groups in total. The zero-order chi connectivity index (χ0) is 16.5. The van der Waals surface area contributed by atoms with Gasteiger partial charge >= 0.3 is 0 Å². The molecule has 0 radical (unpaired) electrons. The summed E-state index contributed by atoms with van der Waals surface area (Å²) in [7, 11) is 0. The van der Waals surface area contributed by atoms with E-state index < -0.39 is 0 Å². The van der Waals surface area contributed by atoms with Crippen molar-refractivity contribution in [3.63, 3.8) is 0 Å². The van der Waals surface area contributed by atoms with Crippen molar-refractivity contribution in [3.05, 3.63) is 60.2 Å². The van der Waals surface area contributed by atoms with Crippen LogP contribution in [0.25, 0.3) is 0 Å². The number of carbonyl (C=O) groups is 1. The minimum Gasteiger partial charge on any atom is -0.494 e. The van der Waals surface area contributed by atoms with Crippen molar-refractivity contribution in [2.45, 2.75) is 13.3 Å². The van der Waals surface area contributed by atoms with E-state index in [4.69, 9.17) is 17.0 Å². The van der Waals surface area contributed by atoms with Gasteiger partial charge in [0.25, 0.3) is 0 Å². The molecule has 0 spiro atoms. The molecule has 0 fully saturated rings. The average molecular weight is 329 g/mol. The molecular weight excluding hydrogens is 310 g/mol. The number of nitrogens with one attached hydrogen (secondary N) is 3. The number of rotatable bonds is 5. The Kier molecular flexibility index (Phi) is 6.38. The van der Waals surface area contributed by atoms with E-state index in [1.807, 2.05) is 61.5 Å². The van der Waals surface area contributed by atoms with Crippen LogP contribution in [0.3, 0.4) is 0 Å². The Bertz CT molecular complexity index is 645. The quantitative estimate of drug-likeness (QED) is 0.581. The summed E-state index contributed by atoms with van der Waals surface area (Å²) >= 11 is 5.13. The maximum atomic E-state index is 11.8. The van der Waals surface area contributed by atoms with Crippen molar-refractivity contribution in [1.82, 2.24) is 10.9 Å². The van der Waals surface area contributed by atoms with Crippen molar-refractivity contribution < 1.29 is 9.53 Å². The summed E-state index contributed by atoms with van der Waals surface area (Å²) in [5.41, 5.74) is 7.00. The lowest BCUT2D eigenvalue weighted by molar-refractivity contribution is -0.120. The average Bonchev–Trinajstić information content (AvgIpc) is 2.56. The molecule has 120 valence electrons. The SMILES string of the molecule is CCOc1ccc(NC(=S)NNC(=O)Cc2ccccc2)cc1. The van der Waals surface area contributed by atoms with Crippen LogP contribution in [0.15, 0.2) is 54.6 Å². The Labute approximate surface area is 141 Å². The zero-order valence-electron chi connectivity index (χ0n) is 12.8. The van der Waals surface area contributed by atoms with Crippen LogP contribution in [0.4, 0.5) is 5.69 Å². The summed E-state index contributed by atoms with van der Waals surface area (Å²) in [6, 6.07) is 16.9. The second-order valence-electron chi connectivity index (χ2n) is 4.75. The molecule has 0 atom stereocenters. The van der Waals surface area contributed by atoms with E-state index >= 15 is 0 Å². The van der Waals surface area contributed by atoms with Crippen molar-refractivity contribution in [1.29, 1.82) is 0 Å². The molecule has 2 aromatic carbocycles. The third-order valence-electron chi connectivity index (χ3n) is 2.95. The Morgan fingerprint density at radius 1 is 1.04 bits per heavy atom. The highest BCUT2D eigenvalue weighted by Gasteiger charge is 2.04. The fourth-order valence-electron chi connectivity index (χ4n) is 1.92. The van der Waals surface area contributed by atoms with Gasteiger partial charge in [0.1, 0.15) is 5.75 Å². The molecule has 0 heterocycles. The largest absolute Gasteiger partial charge is 0.494 e. The first kappa shape index (κ1) is 16.8. The van der Waals surface area contributed by atoms with Crippen LogP contribution in [0.5, 0.6) is 5.75 Å². The number of hydrazine groups is 1. The molecule has 0 aliphatic rings. The number of thiocarbonyl (C=S) groups is 1. The molecule has 23 heavy (non-hydrogen) atoms. The van der Waals surface area contributed by atoms with E-state index in [1.54, 1.807) is 0 Å². The monoisotopic (exact) mass is 329 g/mol. The van der Waals surface area contributed by atoms with Crippen LogP contribution in [0.2, 0.25) is 0 Å². The van der Waals surface area contributed by atoms with Crippen LogP contribution in [0, 0.1) is 0 Å². The zero-order valence-corrected chi connectivity index (χ0v) is 13.7. The van der Waals surface area contributed by atoms with Crippen LogP contribution in [0.1, 0.15) is 12.5 Å². The predicted molar refractivity (Wildman–Crippen MR) is 95.3 cm³/mol. The highest BCUT2D eigenvalue weighted by atomic mass is 32.1. The summed E-state index contributed by atoms with van der Waals surface area (Å²) in [5, 5.41) is 3.30. The van der Waals surface area contributed by atoms with Crippen LogP contribution in [-0.4, -0.2) is 17.6 Å². The minimum atomic E-state index is -0.160. The van der Waals surface area contributed by atoms with E-state index in [2.05, 4.69) is 16.2 Å². The fourth-order valence-corrected chi connectivity index (χ4v) is 2.08. The minimum absolute atomic E-state index is 0.160. The Hall–Kier alpha value is -2.60. The van der Waals surface area contributed by atoms with Gasteiger partial charge in [0.15, 0.2) is 5.11 Å². The van der Waals surface area contributed by atoms with E-state index in [0.29, 0.717) is 18.1 Å². The summed E-state index contributed by atoms with van der Waals surface area (Å²) < 4.78 is 5.37. The van der Waals surface area contributed by atoms with Gasteiger partial charge in [0.05, 0.1) is 13.0 Å². The number of benzene rings is 2. The van der Waals surface area contributed by atoms with Crippen molar-refractivity contribution >= 4 is 28.9 Å². The summed E-state index contributed by atoms with van der Waals surface area (Å²) in [4.78, 5) is 11.8. The molecule has 6 heteroatoms. The molecule has 2 aromatic rings. The van der Waals surface area contributed by atoms with E-state index in [0.717, 1.165) is 17.0 Å². The molecular formula is C17H19N3O2S. The van der Waals surface area contributed by atoms with E-state index in [-0.39, 0.29) is 5.91 Å². The number of anilines is 1. The molecule has 2 rings (SSSR count). The molecule has 0 aliphatic carbocycles. The highest BCUT2D eigenvalue weighted by molar-refractivity contribution is 7.80.